The zero-order valence-electron chi connectivity index (χ0n) is 59.6. The van der Waals surface area contributed by atoms with Crippen molar-refractivity contribution in [1.29, 1.82) is 0 Å². The molecule has 0 aromatic carbocycles. The van der Waals surface area contributed by atoms with Crippen molar-refractivity contribution in [2.45, 2.75) is 382 Å². The van der Waals surface area contributed by atoms with E-state index in [1.165, 1.54) is 147 Å². The zero-order chi connectivity index (χ0) is 71.8. The predicted molar refractivity (Wildman–Crippen MR) is 370 cm³/mol. The van der Waals surface area contributed by atoms with Crippen molar-refractivity contribution < 1.29 is 117 Å². The highest BCUT2D eigenvalue weighted by atomic mass is 31.2. The number of phosphoric acid groups is 1. The van der Waals surface area contributed by atoms with E-state index in [4.69, 9.17) is 42.2 Å². The molecular weight excluding hydrogens is 1290 g/mol. The van der Waals surface area contributed by atoms with Crippen molar-refractivity contribution >= 4 is 25.7 Å². The molecule has 0 spiro atoms. The van der Waals surface area contributed by atoms with Gasteiger partial charge in [0.1, 0.15) is 98.7 Å². The van der Waals surface area contributed by atoms with Gasteiger partial charge in [-0.05, 0) is 51.4 Å². The Kier molecular flexibility index (Phi) is 50.0. The summed E-state index contributed by atoms with van der Waals surface area (Å²) in [5.74, 6) is -2.26. The number of aliphatic hydroxyl groups is 10. The quantitative estimate of drug-likeness (QED) is 0.00513. The van der Waals surface area contributed by atoms with Crippen LogP contribution in [0.5, 0.6) is 0 Å². The zero-order valence-corrected chi connectivity index (χ0v) is 60.5. The van der Waals surface area contributed by atoms with Crippen LogP contribution in [0, 0.1) is 0 Å². The average Bonchev–Trinajstić information content (AvgIpc) is 0.751. The van der Waals surface area contributed by atoms with Gasteiger partial charge in [0.2, 0.25) is 0 Å². The van der Waals surface area contributed by atoms with E-state index in [9.17, 15) is 74.9 Å². The molecule has 0 aromatic rings. The summed E-state index contributed by atoms with van der Waals surface area (Å²) in [7, 11) is -5.72. The Morgan fingerprint density at radius 2 is 0.786 bits per heavy atom. The second-order valence-electron chi connectivity index (χ2n) is 27.1. The maximum Gasteiger partial charge on any atom is 0.472 e. The Hall–Kier alpha value is -2.82. The molecule has 3 rings (SSSR count). The topological polar surface area (TPSA) is 374 Å². The molecule has 1 aliphatic carbocycles. The highest BCUT2D eigenvalue weighted by molar-refractivity contribution is 7.47. The van der Waals surface area contributed by atoms with Gasteiger partial charge >= 0.3 is 25.7 Å². The number of rotatable bonds is 58. The van der Waals surface area contributed by atoms with Crippen LogP contribution >= 0.6 is 7.82 Å². The Balaban J connectivity index is 1.76. The lowest BCUT2D eigenvalue weighted by Crippen LogP contribution is -2.69. The fourth-order valence-corrected chi connectivity index (χ4v) is 13.3. The van der Waals surface area contributed by atoms with Gasteiger partial charge in [-0.25, -0.2) is 9.36 Å². The molecule has 98 heavy (non-hydrogen) atoms. The molecule has 24 nitrogen and oxygen atoms in total. The number of aliphatic hydroxyl groups excluding tert-OH is 10. The van der Waals surface area contributed by atoms with Crippen LogP contribution in [-0.2, 0) is 61.2 Å². The molecule has 0 radical (unpaired) electrons. The van der Waals surface area contributed by atoms with Crippen LogP contribution in [0.2, 0.25) is 0 Å². The fraction of sp³-hybridized carbons (Fsp3) is 0.877. The van der Waals surface area contributed by atoms with Crippen molar-refractivity contribution in [2.75, 3.05) is 26.4 Å². The van der Waals surface area contributed by atoms with Gasteiger partial charge in [-0.1, -0.05) is 244 Å². The first-order valence-corrected chi connectivity index (χ1v) is 39.3. The molecule has 0 aromatic heterocycles. The van der Waals surface area contributed by atoms with Gasteiger partial charge in [-0.3, -0.25) is 18.6 Å². The summed E-state index contributed by atoms with van der Waals surface area (Å²) < 4.78 is 64.7. The van der Waals surface area contributed by atoms with Gasteiger partial charge in [0, 0.05) is 18.9 Å². The smallest absolute Gasteiger partial charge is 0.463 e. The third-order valence-electron chi connectivity index (χ3n) is 18.5. The number of unbranched alkanes of at least 4 members (excludes halogenated alkanes) is 34. The Morgan fingerprint density at radius 3 is 1.22 bits per heavy atom. The monoisotopic (exact) mass is 1420 g/mol. The van der Waals surface area contributed by atoms with Crippen LogP contribution in [0.25, 0.3) is 0 Å². The van der Waals surface area contributed by atoms with Crippen LogP contribution in [0.15, 0.2) is 36.5 Å². The van der Waals surface area contributed by atoms with Gasteiger partial charge in [-0.15, -0.1) is 0 Å². The lowest BCUT2D eigenvalue weighted by Gasteiger charge is -2.49. The fourth-order valence-electron chi connectivity index (χ4n) is 12.3. The second kappa shape index (κ2) is 54.8. The number of allylic oxidation sites excluding steroid dienone is 5. The normalized spacial score (nSPS) is 27.8. The van der Waals surface area contributed by atoms with E-state index in [-0.39, 0.29) is 12.8 Å². The SMILES string of the molecule is CCCCCCCCC/C=C\CCCCCC(=O)OCC1OC(OC2C(O)C(O)C(O)C(OC3OC(CO)C(O)C(O)C3O)C2OP(=O)(O)OCC(COC(=O)CCCCCCCCCCCCCCCC)OC(=O)/C=C/C=C/CCCCCCCCCCCCC)C(O)C(O)C1O. The van der Waals surface area contributed by atoms with E-state index in [2.05, 4.69) is 32.9 Å². The first-order chi connectivity index (χ1) is 47.3. The molecule has 572 valence electrons. The number of ether oxygens (including phenoxy) is 7. The first kappa shape index (κ1) is 89.4. The molecule has 11 N–H and O–H groups in total. The minimum atomic E-state index is -5.72. The number of phosphoric ester groups is 1. The molecule has 2 aliphatic heterocycles. The van der Waals surface area contributed by atoms with Crippen molar-refractivity contribution in [1.82, 2.24) is 0 Å². The molecule has 3 fully saturated rings. The van der Waals surface area contributed by atoms with Crippen LogP contribution < -0.4 is 0 Å². The number of carbonyl (C=O) groups is 3. The summed E-state index contributed by atoms with van der Waals surface area (Å²) in [6.07, 6.45) is 17.1. The standard InChI is InChI=1S/C73H131O24P/c1-4-7-10-13-16-19-22-25-28-31-34-37-40-43-46-49-59(77)92-54(51-89-57(75)47-44-41-38-35-32-29-26-23-20-17-14-11-8-5-2)52-91-98(87,88)97-71-69(95-72-67(85)62(80)60(78)55(50-74)93-72)65(83)64(82)66(84)70(71)96-73-68(86)63(81)61(79)56(94-73)53-90-58(76)48-45-42-39-36-33-30-27-24-21-18-15-12-9-6-3/h30,33,40,43,46,49,54-56,60-74,78-86H,4-29,31-32,34-39,41-42,44-45,47-48,50-53H2,1-3H3,(H,87,88)/b33-30-,43-40+,49-46+. The highest BCUT2D eigenvalue weighted by Gasteiger charge is 2.58. The van der Waals surface area contributed by atoms with E-state index >= 15 is 0 Å². The largest absolute Gasteiger partial charge is 0.472 e. The molecule has 18 unspecified atom stereocenters. The lowest BCUT2D eigenvalue weighted by molar-refractivity contribution is -0.360. The maximum atomic E-state index is 14.3. The predicted octanol–water partition coefficient (Wildman–Crippen LogP) is 10.3. The number of carbonyl (C=O) groups excluding carboxylic acids is 3. The summed E-state index contributed by atoms with van der Waals surface area (Å²) in [5, 5.41) is 110. The molecule has 3 aliphatic rings. The summed E-state index contributed by atoms with van der Waals surface area (Å²) in [6.45, 7) is 3.32. The van der Waals surface area contributed by atoms with Crippen molar-refractivity contribution in [3.8, 4) is 0 Å². The summed E-state index contributed by atoms with van der Waals surface area (Å²) >= 11 is 0. The first-order valence-electron chi connectivity index (χ1n) is 37.8. The Morgan fingerprint density at radius 1 is 0.418 bits per heavy atom. The van der Waals surface area contributed by atoms with Gasteiger partial charge < -0.3 is 89.1 Å². The van der Waals surface area contributed by atoms with Crippen LogP contribution in [0.3, 0.4) is 0 Å². The molecule has 2 saturated heterocycles. The van der Waals surface area contributed by atoms with Crippen molar-refractivity contribution in [3.63, 3.8) is 0 Å². The van der Waals surface area contributed by atoms with E-state index < -0.39 is 156 Å². The Bertz CT molecular complexity index is 2170. The van der Waals surface area contributed by atoms with Gasteiger partial charge in [0.25, 0.3) is 0 Å². The second-order valence-corrected chi connectivity index (χ2v) is 28.5. The average molecular weight is 1420 g/mol. The van der Waals surface area contributed by atoms with Crippen molar-refractivity contribution in [2.24, 2.45) is 0 Å². The third kappa shape index (κ3) is 37.6. The third-order valence-corrected chi connectivity index (χ3v) is 19.5. The number of esters is 3. The van der Waals surface area contributed by atoms with Crippen LogP contribution in [-0.4, -0.2) is 204 Å². The molecular formula is C73H131O24P. The van der Waals surface area contributed by atoms with E-state index in [1.807, 2.05) is 6.08 Å². The summed E-state index contributed by atoms with van der Waals surface area (Å²) in [6, 6.07) is 0. The highest BCUT2D eigenvalue weighted by Crippen LogP contribution is 2.49. The molecule has 2 heterocycles. The number of hydrogen-bond donors (Lipinski definition) is 11. The minimum Gasteiger partial charge on any atom is -0.463 e. The minimum absolute atomic E-state index is 0.00436. The summed E-state index contributed by atoms with van der Waals surface area (Å²) in [5.41, 5.74) is 0. The molecule has 1 saturated carbocycles. The van der Waals surface area contributed by atoms with E-state index in [0.717, 1.165) is 96.0 Å². The number of hydrogen-bond acceptors (Lipinski definition) is 23. The van der Waals surface area contributed by atoms with Crippen LogP contribution in [0.1, 0.15) is 278 Å². The van der Waals surface area contributed by atoms with Gasteiger partial charge in [0.15, 0.2) is 18.7 Å². The van der Waals surface area contributed by atoms with Gasteiger partial charge in [0.05, 0.1) is 13.2 Å². The molecule has 18 atom stereocenters. The van der Waals surface area contributed by atoms with E-state index in [1.54, 1.807) is 6.08 Å². The van der Waals surface area contributed by atoms with E-state index in [0.29, 0.717) is 12.8 Å². The lowest BCUT2D eigenvalue weighted by atomic mass is 9.84. The maximum absolute atomic E-state index is 14.3. The van der Waals surface area contributed by atoms with Crippen LogP contribution in [0.4, 0.5) is 0 Å². The molecule has 0 amide bonds. The van der Waals surface area contributed by atoms with Gasteiger partial charge in [-0.2, -0.15) is 0 Å². The Labute approximate surface area is 585 Å². The molecule has 0 bridgehead atoms. The molecule has 25 heteroatoms. The van der Waals surface area contributed by atoms with Crippen molar-refractivity contribution in [3.05, 3.63) is 36.5 Å². The summed E-state index contributed by atoms with van der Waals surface area (Å²) in [4.78, 5) is 50.8.